The van der Waals surface area contributed by atoms with Crippen molar-refractivity contribution in [3.8, 4) is 11.3 Å². The highest BCUT2D eigenvalue weighted by Crippen LogP contribution is 2.34. The molecule has 3 rings (SSSR count). The quantitative estimate of drug-likeness (QED) is 0.324. The van der Waals surface area contributed by atoms with Gasteiger partial charge in [-0.25, -0.2) is 9.78 Å². The number of fused-ring (bicyclic) bond motifs is 1. The first-order valence-corrected chi connectivity index (χ1v) is 10.1. The van der Waals surface area contributed by atoms with E-state index in [0.717, 1.165) is 40.8 Å². The molecule has 1 N–H and O–H groups in total. The fraction of sp³-hybridized carbons (Fsp3) is 0.240. The summed E-state index contributed by atoms with van der Waals surface area (Å²) in [5.41, 5.74) is 5.93. The van der Waals surface area contributed by atoms with Gasteiger partial charge >= 0.3 is 5.97 Å². The lowest BCUT2D eigenvalue weighted by Gasteiger charge is -2.12. The molecule has 5 nitrogen and oxygen atoms in total. The Hall–Kier alpha value is -3.47. The number of hydrogen-bond acceptors (Lipinski definition) is 3. The first-order valence-electron chi connectivity index (χ1n) is 10.1. The monoisotopic (exact) mass is 402 g/mol. The molecule has 0 saturated heterocycles. The van der Waals surface area contributed by atoms with Gasteiger partial charge in [-0.2, -0.15) is 0 Å². The second-order valence-electron chi connectivity index (χ2n) is 7.57. The summed E-state index contributed by atoms with van der Waals surface area (Å²) in [5.74, 6) is -0.631. The van der Waals surface area contributed by atoms with Crippen LogP contribution in [0.4, 0.5) is 0 Å². The fourth-order valence-electron chi connectivity index (χ4n) is 3.49. The van der Waals surface area contributed by atoms with Crippen molar-refractivity contribution in [1.82, 2.24) is 9.38 Å². The summed E-state index contributed by atoms with van der Waals surface area (Å²) in [6.45, 7) is 8.04. The zero-order valence-corrected chi connectivity index (χ0v) is 17.7. The number of imidazole rings is 1. The van der Waals surface area contributed by atoms with Crippen LogP contribution in [0.15, 0.2) is 60.3 Å². The van der Waals surface area contributed by atoms with E-state index in [4.69, 9.17) is 4.98 Å². The number of carboxylic acids is 1. The number of hydrogen-bond donors (Lipinski definition) is 1. The van der Waals surface area contributed by atoms with Gasteiger partial charge in [-0.1, -0.05) is 57.2 Å². The van der Waals surface area contributed by atoms with Crippen LogP contribution >= 0.6 is 0 Å². The van der Waals surface area contributed by atoms with E-state index in [1.54, 1.807) is 18.3 Å². The molecule has 0 atom stereocenters. The first-order chi connectivity index (χ1) is 14.4. The largest absolute Gasteiger partial charge is 0.478 e. The van der Waals surface area contributed by atoms with Crippen LogP contribution in [0.2, 0.25) is 0 Å². The minimum absolute atomic E-state index is 0.201. The maximum Gasteiger partial charge on any atom is 0.335 e. The van der Waals surface area contributed by atoms with Crippen molar-refractivity contribution in [2.45, 2.75) is 34.1 Å². The van der Waals surface area contributed by atoms with Gasteiger partial charge in [0.1, 0.15) is 11.9 Å². The van der Waals surface area contributed by atoms with Crippen molar-refractivity contribution in [2.75, 3.05) is 0 Å². The molecule has 2 heterocycles. The van der Waals surface area contributed by atoms with Crippen LogP contribution in [0, 0.1) is 5.92 Å². The molecule has 0 unspecified atom stereocenters. The molecule has 0 bridgehead atoms. The second-order valence-corrected chi connectivity index (χ2v) is 7.57. The van der Waals surface area contributed by atoms with E-state index in [0.29, 0.717) is 17.1 Å². The van der Waals surface area contributed by atoms with E-state index in [2.05, 4.69) is 19.9 Å². The molecule has 3 aromatic rings. The van der Waals surface area contributed by atoms with Crippen LogP contribution in [0.25, 0.3) is 22.5 Å². The number of carboxylic acid groups (broad SMARTS) is 1. The SMILES string of the molecule is CCc1c(-c2ccccc2/C(C=CC(C)C)=C(\C)C=O)nc2cc(C(=O)O)ccn12. The molecular weight excluding hydrogens is 376 g/mol. The number of benzene rings is 1. The number of rotatable bonds is 7. The van der Waals surface area contributed by atoms with Crippen molar-refractivity contribution in [2.24, 2.45) is 5.92 Å². The highest BCUT2D eigenvalue weighted by Gasteiger charge is 2.18. The Morgan fingerprint density at radius 3 is 2.60 bits per heavy atom. The summed E-state index contributed by atoms with van der Waals surface area (Å²) in [6, 6.07) is 11.1. The van der Waals surface area contributed by atoms with Gasteiger partial charge in [-0.15, -0.1) is 0 Å². The highest BCUT2D eigenvalue weighted by atomic mass is 16.4. The van der Waals surface area contributed by atoms with Gasteiger partial charge in [-0.05, 0) is 48.1 Å². The average molecular weight is 402 g/mol. The molecule has 30 heavy (non-hydrogen) atoms. The molecule has 0 saturated carbocycles. The Balaban J connectivity index is 2.28. The Bertz CT molecular complexity index is 1170. The molecule has 0 aliphatic rings. The van der Waals surface area contributed by atoms with Gasteiger partial charge < -0.3 is 9.51 Å². The predicted molar refractivity (Wildman–Crippen MR) is 120 cm³/mol. The fourth-order valence-corrected chi connectivity index (χ4v) is 3.49. The van der Waals surface area contributed by atoms with Crippen molar-refractivity contribution in [3.05, 3.63) is 77.1 Å². The van der Waals surface area contributed by atoms with E-state index in [-0.39, 0.29) is 5.56 Å². The molecule has 0 aliphatic heterocycles. The normalized spacial score (nSPS) is 12.6. The van der Waals surface area contributed by atoms with E-state index in [1.165, 1.54) is 0 Å². The summed E-state index contributed by atoms with van der Waals surface area (Å²) in [4.78, 5) is 27.8. The molecule has 154 valence electrons. The average Bonchev–Trinajstić information content (AvgIpc) is 3.11. The molecule has 1 aromatic carbocycles. The Kier molecular flexibility index (Phi) is 6.31. The van der Waals surface area contributed by atoms with Gasteiger partial charge in [0, 0.05) is 11.8 Å². The zero-order chi connectivity index (χ0) is 21.8. The molecule has 0 spiro atoms. The van der Waals surface area contributed by atoms with Crippen molar-refractivity contribution >= 4 is 23.5 Å². The van der Waals surface area contributed by atoms with Crippen LogP contribution in [0.5, 0.6) is 0 Å². The smallest absolute Gasteiger partial charge is 0.335 e. The first kappa shape index (κ1) is 21.2. The van der Waals surface area contributed by atoms with E-state index in [1.807, 2.05) is 48.6 Å². The van der Waals surface area contributed by atoms with Gasteiger partial charge in [0.25, 0.3) is 0 Å². The maximum atomic E-state index is 11.6. The Labute approximate surface area is 176 Å². The zero-order valence-electron chi connectivity index (χ0n) is 17.7. The van der Waals surface area contributed by atoms with Crippen LogP contribution in [-0.4, -0.2) is 26.7 Å². The topological polar surface area (TPSA) is 71.7 Å². The summed E-state index contributed by atoms with van der Waals surface area (Å²) in [6.07, 6.45) is 7.42. The van der Waals surface area contributed by atoms with Crippen LogP contribution in [0.3, 0.4) is 0 Å². The number of nitrogens with zero attached hydrogens (tertiary/aromatic N) is 2. The number of allylic oxidation sites excluding steroid dienone is 4. The van der Waals surface area contributed by atoms with E-state index >= 15 is 0 Å². The third kappa shape index (κ3) is 4.10. The molecule has 2 aromatic heterocycles. The van der Waals surface area contributed by atoms with Crippen LogP contribution in [0.1, 0.15) is 49.3 Å². The second kappa shape index (κ2) is 8.91. The summed E-state index contributed by atoms with van der Waals surface area (Å²) >= 11 is 0. The number of aromatic carboxylic acids is 1. The number of carbonyl (C=O) groups excluding carboxylic acids is 1. The third-order valence-electron chi connectivity index (χ3n) is 5.03. The third-order valence-corrected chi connectivity index (χ3v) is 5.03. The van der Waals surface area contributed by atoms with Crippen molar-refractivity contribution in [3.63, 3.8) is 0 Å². The maximum absolute atomic E-state index is 11.6. The molecular formula is C25H26N2O3. The van der Waals surface area contributed by atoms with Gasteiger partial charge in [0.15, 0.2) is 0 Å². The predicted octanol–water partition coefficient (Wildman–Crippen LogP) is 5.45. The van der Waals surface area contributed by atoms with E-state index < -0.39 is 5.97 Å². The van der Waals surface area contributed by atoms with Gasteiger partial charge in [0.2, 0.25) is 0 Å². The number of carbonyl (C=O) groups is 2. The Morgan fingerprint density at radius 2 is 1.97 bits per heavy atom. The lowest BCUT2D eigenvalue weighted by Crippen LogP contribution is -1.99. The number of aromatic nitrogens is 2. The minimum Gasteiger partial charge on any atom is -0.478 e. The summed E-state index contributed by atoms with van der Waals surface area (Å²) < 4.78 is 1.93. The summed E-state index contributed by atoms with van der Waals surface area (Å²) in [5, 5.41) is 9.32. The molecule has 0 aliphatic carbocycles. The Morgan fingerprint density at radius 1 is 1.23 bits per heavy atom. The van der Waals surface area contributed by atoms with Crippen molar-refractivity contribution < 1.29 is 14.7 Å². The van der Waals surface area contributed by atoms with Gasteiger partial charge in [-0.3, -0.25) is 4.79 Å². The lowest BCUT2D eigenvalue weighted by atomic mass is 9.92. The van der Waals surface area contributed by atoms with E-state index in [9.17, 15) is 14.7 Å². The summed E-state index contributed by atoms with van der Waals surface area (Å²) in [7, 11) is 0. The molecule has 0 amide bonds. The molecule has 5 heteroatoms. The van der Waals surface area contributed by atoms with Crippen LogP contribution < -0.4 is 0 Å². The lowest BCUT2D eigenvalue weighted by molar-refractivity contribution is -0.104. The number of aldehydes is 1. The number of pyridine rings is 1. The standard InChI is InChI=1S/C25H26N2O3/c1-5-22-24(26-23-14-18(25(29)30)12-13-27(22)23)21-9-7-6-8-20(21)19(17(4)15-28)11-10-16(2)3/h6-16H,5H2,1-4H3,(H,29,30)/b11-10?,19-17+. The van der Waals surface area contributed by atoms with Crippen LogP contribution in [-0.2, 0) is 11.2 Å². The highest BCUT2D eigenvalue weighted by molar-refractivity contribution is 5.96. The molecule has 0 radical (unpaired) electrons. The number of aryl methyl sites for hydroxylation is 1. The van der Waals surface area contributed by atoms with Gasteiger partial charge in [0.05, 0.1) is 17.0 Å². The minimum atomic E-state index is -0.980. The van der Waals surface area contributed by atoms with Crippen molar-refractivity contribution in [1.29, 1.82) is 0 Å². The molecule has 0 fully saturated rings.